The zero-order valence-electron chi connectivity index (χ0n) is 20.1. The van der Waals surface area contributed by atoms with Crippen molar-refractivity contribution >= 4 is 17.9 Å². The minimum atomic E-state index is -0.972. The van der Waals surface area contributed by atoms with E-state index in [0.717, 1.165) is 0 Å². The van der Waals surface area contributed by atoms with E-state index in [0.29, 0.717) is 17.3 Å². The molecule has 4 heterocycles. The highest BCUT2D eigenvalue weighted by Gasteiger charge is 2.45. The fourth-order valence-electron chi connectivity index (χ4n) is 4.33. The van der Waals surface area contributed by atoms with E-state index >= 15 is 0 Å². The lowest BCUT2D eigenvalue weighted by atomic mass is 10.1. The zero-order valence-corrected chi connectivity index (χ0v) is 20.1. The van der Waals surface area contributed by atoms with Crippen LogP contribution in [0.25, 0.3) is 0 Å². The van der Waals surface area contributed by atoms with E-state index in [1.807, 2.05) is 0 Å². The highest BCUT2D eigenvalue weighted by Crippen LogP contribution is 2.34. The van der Waals surface area contributed by atoms with Gasteiger partial charge in [0.15, 0.2) is 18.1 Å². The fraction of sp³-hybridized carbons (Fsp3) is 0.375. The Hall–Kier alpha value is -3.87. The van der Waals surface area contributed by atoms with E-state index in [9.17, 15) is 14.4 Å². The summed E-state index contributed by atoms with van der Waals surface area (Å²) in [6, 6.07) is 7.01. The third kappa shape index (κ3) is 5.05. The maximum atomic E-state index is 12.9. The van der Waals surface area contributed by atoms with Crippen molar-refractivity contribution in [3.8, 4) is 0 Å². The maximum Gasteiger partial charge on any atom is 0.331 e. The molecule has 0 radical (unpaired) electrons. The van der Waals surface area contributed by atoms with Crippen LogP contribution in [0.5, 0.6) is 0 Å². The molecule has 12 nitrogen and oxygen atoms in total. The van der Waals surface area contributed by atoms with Crippen LogP contribution in [0.1, 0.15) is 35.4 Å². The first-order valence-corrected chi connectivity index (χ1v) is 11.0. The number of ether oxygens (including phenoxy) is 3. The topological polar surface area (TPSA) is 128 Å². The van der Waals surface area contributed by atoms with Crippen LogP contribution in [0.2, 0.25) is 0 Å². The zero-order chi connectivity index (χ0) is 25.7. The van der Waals surface area contributed by atoms with Crippen LogP contribution in [0.4, 0.5) is 0 Å². The molecule has 3 unspecified atom stereocenters. The molecule has 0 saturated carbocycles. The normalized spacial score (nSPS) is 17.8. The maximum absolute atomic E-state index is 12.9. The molecule has 3 atom stereocenters. The highest BCUT2D eigenvalue weighted by atomic mass is 16.5. The van der Waals surface area contributed by atoms with E-state index in [2.05, 4.69) is 0 Å². The van der Waals surface area contributed by atoms with Gasteiger partial charge in [-0.2, -0.15) is 0 Å². The Bertz CT molecular complexity index is 979. The number of esters is 3. The first-order chi connectivity index (χ1) is 17.5. The van der Waals surface area contributed by atoms with Gasteiger partial charge < -0.3 is 27.5 Å². The molecule has 1 saturated heterocycles. The second-order valence-corrected chi connectivity index (χ2v) is 8.01. The average molecular weight is 501 g/mol. The number of methoxy groups -OCH3 is 3. The molecule has 36 heavy (non-hydrogen) atoms. The molecular formula is C24H27N3O9. The third-order valence-electron chi connectivity index (χ3n) is 5.90. The van der Waals surface area contributed by atoms with Gasteiger partial charge in [0.2, 0.25) is 0 Å². The highest BCUT2D eigenvalue weighted by molar-refractivity contribution is 5.78. The SMILES string of the molecule is COC(=O)C(c1ccco1)N1CN(C(C(=O)OC)c2ccco2)CN(C(C(=O)OC)c2ccco2)C1. The van der Waals surface area contributed by atoms with Crippen molar-refractivity contribution in [2.45, 2.75) is 18.1 Å². The summed E-state index contributed by atoms with van der Waals surface area (Å²) in [5.41, 5.74) is 0. The molecule has 3 aromatic heterocycles. The predicted molar refractivity (Wildman–Crippen MR) is 121 cm³/mol. The Kier molecular flexibility index (Phi) is 7.88. The van der Waals surface area contributed by atoms with Crippen LogP contribution in [-0.4, -0.2) is 73.9 Å². The summed E-state index contributed by atoms with van der Waals surface area (Å²) in [6.45, 7) is 0.302. The minimum absolute atomic E-state index is 0.101. The van der Waals surface area contributed by atoms with Gasteiger partial charge in [0.1, 0.15) is 17.3 Å². The summed E-state index contributed by atoms with van der Waals surface area (Å²) < 4.78 is 31.8. The molecule has 0 spiro atoms. The summed E-state index contributed by atoms with van der Waals surface area (Å²) in [4.78, 5) is 43.9. The number of rotatable bonds is 9. The molecule has 12 heteroatoms. The quantitative estimate of drug-likeness (QED) is 0.315. The second-order valence-electron chi connectivity index (χ2n) is 8.01. The summed E-state index contributed by atoms with van der Waals surface area (Å²) in [6.07, 6.45) is 4.35. The van der Waals surface area contributed by atoms with Crippen LogP contribution in [0.3, 0.4) is 0 Å². The van der Waals surface area contributed by atoms with Crippen molar-refractivity contribution in [1.29, 1.82) is 0 Å². The van der Waals surface area contributed by atoms with Gasteiger partial charge >= 0.3 is 17.9 Å². The summed E-state index contributed by atoms with van der Waals surface area (Å²) in [5, 5.41) is 0. The average Bonchev–Trinajstić information content (AvgIpc) is 3.68. The van der Waals surface area contributed by atoms with Crippen LogP contribution >= 0.6 is 0 Å². The van der Waals surface area contributed by atoms with E-state index in [4.69, 9.17) is 27.5 Å². The summed E-state index contributed by atoms with van der Waals surface area (Å²) in [7, 11) is 3.83. The lowest BCUT2D eigenvalue weighted by molar-refractivity contribution is -0.170. The van der Waals surface area contributed by atoms with E-state index in [-0.39, 0.29) is 20.0 Å². The number of hydrogen-bond donors (Lipinski definition) is 0. The molecule has 0 N–H and O–H groups in total. The molecule has 1 fully saturated rings. The number of carbonyl (C=O) groups excluding carboxylic acids is 3. The van der Waals surface area contributed by atoms with Gasteiger partial charge in [-0.3, -0.25) is 14.7 Å². The molecule has 0 aliphatic carbocycles. The number of hydrogen-bond acceptors (Lipinski definition) is 12. The van der Waals surface area contributed by atoms with Crippen molar-refractivity contribution in [2.24, 2.45) is 0 Å². The summed E-state index contributed by atoms with van der Waals surface area (Å²) in [5.74, 6) is -0.720. The molecule has 4 rings (SSSR count). The lowest BCUT2D eigenvalue weighted by Gasteiger charge is -2.47. The second kappa shape index (κ2) is 11.2. The standard InChI is InChI=1S/C24H27N3O9/c1-31-22(28)19(16-7-4-10-34-16)25-13-26(20(23(29)32-2)17-8-5-11-35-17)15-27(14-25)21(24(30)33-3)18-9-6-12-36-18/h4-12,19-21H,13-15H2,1-3H3. The minimum Gasteiger partial charge on any atom is -0.467 e. The molecule has 3 aromatic rings. The van der Waals surface area contributed by atoms with Crippen molar-refractivity contribution < 1.29 is 41.8 Å². The van der Waals surface area contributed by atoms with E-state index in [1.165, 1.54) is 40.1 Å². The predicted octanol–water partition coefficient (Wildman–Crippen LogP) is 2.30. The van der Waals surface area contributed by atoms with Crippen LogP contribution in [0.15, 0.2) is 68.4 Å². The Morgan fingerprint density at radius 1 is 0.611 bits per heavy atom. The lowest BCUT2D eigenvalue weighted by Crippen LogP contribution is -2.59. The van der Waals surface area contributed by atoms with E-state index in [1.54, 1.807) is 51.1 Å². The van der Waals surface area contributed by atoms with Crippen LogP contribution in [0, 0.1) is 0 Å². The Morgan fingerprint density at radius 2 is 0.889 bits per heavy atom. The Balaban J connectivity index is 1.78. The van der Waals surface area contributed by atoms with Gasteiger partial charge in [0.05, 0.1) is 60.1 Å². The smallest absolute Gasteiger partial charge is 0.331 e. The Labute approximate surface area is 206 Å². The van der Waals surface area contributed by atoms with Crippen molar-refractivity contribution in [3.05, 3.63) is 72.5 Å². The Morgan fingerprint density at radius 3 is 1.08 bits per heavy atom. The molecule has 0 bridgehead atoms. The first kappa shape index (κ1) is 25.2. The molecule has 1 aliphatic rings. The van der Waals surface area contributed by atoms with Gasteiger partial charge in [-0.25, -0.2) is 14.4 Å². The van der Waals surface area contributed by atoms with Crippen LogP contribution in [-0.2, 0) is 28.6 Å². The van der Waals surface area contributed by atoms with Crippen molar-refractivity contribution in [2.75, 3.05) is 41.3 Å². The first-order valence-electron chi connectivity index (χ1n) is 11.0. The molecule has 0 amide bonds. The van der Waals surface area contributed by atoms with Crippen molar-refractivity contribution in [1.82, 2.24) is 14.7 Å². The number of carbonyl (C=O) groups is 3. The van der Waals surface area contributed by atoms with Gasteiger partial charge in [-0.15, -0.1) is 0 Å². The molecule has 192 valence electrons. The van der Waals surface area contributed by atoms with Crippen LogP contribution < -0.4 is 0 Å². The largest absolute Gasteiger partial charge is 0.467 e. The van der Waals surface area contributed by atoms with Gasteiger partial charge in [-0.05, 0) is 36.4 Å². The number of nitrogens with zero attached hydrogens (tertiary/aromatic N) is 3. The molecule has 0 aromatic carbocycles. The van der Waals surface area contributed by atoms with Gasteiger partial charge in [0, 0.05) is 0 Å². The third-order valence-corrected chi connectivity index (χ3v) is 5.90. The monoisotopic (exact) mass is 501 g/mol. The number of furan rings is 3. The molecule has 1 aliphatic heterocycles. The summed E-state index contributed by atoms with van der Waals surface area (Å²) >= 11 is 0. The van der Waals surface area contributed by atoms with Gasteiger partial charge in [0.25, 0.3) is 0 Å². The van der Waals surface area contributed by atoms with Crippen molar-refractivity contribution in [3.63, 3.8) is 0 Å². The van der Waals surface area contributed by atoms with E-state index < -0.39 is 36.0 Å². The fourth-order valence-corrected chi connectivity index (χ4v) is 4.33. The molecular weight excluding hydrogens is 474 g/mol. The van der Waals surface area contributed by atoms with Gasteiger partial charge in [-0.1, -0.05) is 0 Å².